The number of pyridine rings is 1. The number of halogens is 1. The van der Waals surface area contributed by atoms with Crippen LogP contribution < -0.4 is 0 Å². The molecule has 1 heterocycles. The molecule has 1 aromatic heterocycles. The van der Waals surface area contributed by atoms with E-state index in [-0.39, 0.29) is 18.3 Å². The van der Waals surface area contributed by atoms with Gasteiger partial charge in [-0.05, 0) is 30.8 Å². The van der Waals surface area contributed by atoms with Gasteiger partial charge in [-0.15, -0.1) is 0 Å². The van der Waals surface area contributed by atoms with Gasteiger partial charge in [0.2, 0.25) is 0 Å². The molecule has 0 amide bonds. The number of carbonyl (C=O) groups is 1. The molecule has 0 aliphatic rings. The van der Waals surface area contributed by atoms with Crippen LogP contribution in [0.25, 0.3) is 10.9 Å². The van der Waals surface area contributed by atoms with Gasteiger partial charge in [0, 0.05) is 18.1 Å². The monoisotopic (exact) mass is 262 g/mol. The molecule has 0 saturated heterocycles. The Morgan fingerprint density at radius 3 is 2.95 bits per heavy atom. The van der Waals surface area contributed by atoms with E-state index in [1.165, 1.54) is 13.2 Å². The van der Waals surface area contributed by atoms with E-state index in [2.05, 4.69) is 9.72 Å². The molecule has 1 aromatic carbocycles. The molecule has 0 fully saturated rings. The molecular weight excluding hydrogens is 247 g/mol. The zero-order valence-corrected chi connectivity index (χ0v) is 10.9. The van der Waals surface area contributed by atoms with Gasteiger partial charge in [0.25, 0.3) is 0 Å². The van der Waals surface area contributed by atoms with Gasteiger partial charge in [0.15, 0.2) is 0 Å². The fourth-order valence-electron chi connectivity index (χ4n) is 1.96. The molecular formula is C14H15FN2O2. The summed E-state index contributed by atoms with van der Waals surface area (Å²) in [5.74, 6) is -0.593. The average Bonchev–Trinajstić information content (AvgIpc) is 2.42. The molecule has 0 N–H and O–H groups in total. The van der Waals surface area contributed by atoms with Crippen LogP contribution in [-0.2, 0) is 16.1 Å². The minimum atomic E-state index is -0.304. The van der Waals surface area contributed by atoms with Gasteiger partial charge in [0.1, 0.15) is 5.82 Å². The summed E-state index contributed by atoms with van der Waals surface area (Å²) in [5, 5.41) is 0.492. The first kappa shape index (κ1) is 13.4. The summed E-state index contributed by atoms with van der Waals surface area (Å²) >= 11 is 0. The topological polar surface area (TPSA) is 42.4 Å². The highest BCUT2D eigenvalue weighted by atomic mass is 19.1. The Hall–Kier alpha value is -2.01. The van der Waals surface area contributed by atoms with Gasteiger partial charge in [-0.25, -0.2) is 4.39 Å². The van der Waals surface area contributed by atoms with E-state index < -0.39 is 0 Å². The fourth-order valence-corrected chi connectivity index (χ4v) is 1.96. The van der Waals surface area contributed by atoms with Gasteiger partial charge < -0.3 is 4.74 Å². The largest absolute Gasteiger partial charge is 0.468 e. The molecule has 0 aliphatic carbocycles. The normalized spacial score (nSPS) is 10.9. The third kappa shape index (κ3) is 3.06. The van der Waals surface area contributed by atoms with Crippen molar-refractivity contribution in [1.29, 1.82) is 0 Å². The number of hydrogen-bond donors (Lipinski definition) is 0. The Labute approximate surface area is 110 Å². The van der Waals surface area contributed by atoms with E-state index in [9.17, 15) is 9.18 Å². The second-order valence-corrected chi connectivity index (χ2v) is 4.35. The fraction of sp³-hybridized carbons (Fsp3) is 0.286. The van der Waals surface area contributed by atoms with Crippen molar-refractivity contribution < 1.29 is 13.9 Å². The molecule has 0 aliphatic heterocycles. The van der Waals surface area contributed by atoms with Crippen LogP contribution in [0.3, 0.4) is 0 Å². The van der Waals surface area contributed by atoms with E-state index in [4.69, 9.17) is 0 Å². The molecule has 0 spiro atoms. The summed E-state index contributed by atoms with van der Waals surface area (Å²) in [4.78, 5) is 17.2. The van der Waals surface area contributed by atoms with E-state index in [1.54, 1.807) is 36.3 Å². The van der Waals surface area contributed by atoms with E-state index in [1.807, 2.05) is 0 Å². The second kappa shape index (κ2) is 5.75. The van der Waals surface area contributed by atoms with Gasteiger partial charge >= 0.3 is 5.97 Å². The minimum Gasteiger partial charge on any atom is -0.468 e. The maximum Gasteiger partial charge on any atom is 0.319 e. The lowest BCUT2D eigenvalue weighted by Gasteiger charge is -2.16. The van der Waals surface area contributed by atoms with E-state index in [0.29, 0.717) is 17.4 Å². The summed E-state index contributed by atoms with van der Waals surface area (Å²) in [6, 6.07) is 6.51. The Kier molecular flexibility index (Phi) is 4.06. The molecule has 0 atom stereocenters. The molecule has 4 nitrogen and oxygen atoms in total. The Balaban J connectivity index is 2.26. The molecule has 0 bridgehead atoms. The first-order valence-corrected chi connectivity index (χ1v) is 5.89. The predicted molar refractivity (Wildman–Crippen MR) is 70.1 cm³/mol. The zero-order chi connectivity index (χ0) is 13.8. The quantitative estimate of drug-likeness (QED) is 0.790. The first-order valence-electron chi connectivity index (χ1n) is 5.89. The summed E-state index contributed by atoms with van der Waals surface area (Å²) in [7, 11) is 3.15. The molecule has 5 heteroatoms. The Morgan fingerprint density at radius 1 is 1.42 bits per heavy atom. The van der Waals surface area contributed by atoms with Crippen LogP contribution in [0.1, 0.15) is 5.56 Å². The summed E-state index contributed by atoms with van der Waals surface area (Å²) in [6.45, 7) is 0.686. The number of esters is 1. The SMILES string of the molecule is COC(=O)CN(C)Cc1ccc(F)c2cccnc12. The van der Waals surface area contributed by atoms with Crippen molar-refractivity contribution in [2.75, 3.05) is 20.7 Å². The van der Waals surface area contributed by atoms with Crippen LogP contribution in [-0.4, -0.2) is 36.6 Å². The lowest BCUT2D eigenvalue weighted by Crippen LogP contribution is -2.26. The lowest BCUT2D eigenvalue weighted by atomic mass is 10.1. The number of rotatable bonds is 4. The van der Waals surface area contributed by atoms with Crippen molar-refractivity contribution >= 4 is 16.9 Å². The third-order valence-corrected chi connectivity index (χ3v) is 2.87. The number of methoxy groups -OCH3 is 1. The van der Waals surface area contributed by atoms with Gasteiger partial charge in [0.05, 0.1) is 19.2 Å². The lowest BCUT2D eigenvalue weighted by molar-refractivity contribution is -0.141. The number of carbonyl (C=O) groups excluding carboxylic acids is 1. The van der Waals surface area contributed by atoms with Crippen molar-refractivity contribution in [2.24, 2.45) is 0 Å². The van der Waals surface area contributed by atoms with Gasteiger partial charge in [-0.1, -0.05) is 6.07 Å². The summed E-state index contributed by atoms with van der Waals surface area (Å²) < 4.78 is 18.2. The maximum atomic E-state index is 13.6. The Morgan fingerprint density at radius 2 is 2.21 bits per heavy atom. The second-order valence-electron chi connectivity index (χ2n) is 4.35. The number of fused-ring (bicyclic) bond motifs is 1. The van der Waals surface area contributed by atoms with Crippen LogP contribution >= 0.6 is 0 Å². The molecule has 0 radical (unpaired) electrons. The highest BCUT2D eigenvalue weighted by Gasteiger charge is 2.11. The summed E-state index contributed by atoms with van der Waals surface area (Å²) in [5.41, 5.74) is 1.50. The molecule has 19 heavy (non-hydrogen) atoms. The summed E-state index contributed by atoms with van der Waals surface area (Å²) in [6.07, 6.45) is 1.63. The van der Waals surface area contributed by atoms with Crippen LogP contribution in [0.5, 0.6) is 0 Å². The van der Waals surface area contributed by atoms with Gasteiger partial charge in [-0.3, -0.25) is 14.7 Å². The minimum absolute atomic E-state index is 0.183. The van der Waals surface area contributed by atoms with Gasteiger partial charge in [-0.2, -0.15) is 0 Å². The van der Waals surface area contributed by atoms with Crippen molar-refractivity contribution in [3.63, 3.8) is 0 Å². The molecule has 100 valence electrons. The first-order chi connectivity index (χ1) is 9.11. The number of aromatic nitrogens is 1. The van der Waals surface area contributed by atoms with E-state index in [0.717, 1.165) is 5.56 Å². The van der Waals surface area contributed by atoms with Crippen LogP contribution in [0.15, 0.2) is 30.5 Å². The molecule has 2 rings (SSSR count). The van der Waals surface area contributed by atoms with Crippen LogP contribution in [0, 0.1) is 5.82 Å². The smallest absolute Gasteiger partial charge is 0.319 e. The standard InChI is InChI=1S/C14H15FN2O2/c1-17(9-13(18)19-2)8-10-5-6-12(15)11-4-3-7-16-14(10)11/h3-7H,8-9H2,1-2H3. The third-order valence-electron chi connectivity index (χ3n) is 2.87. The van der Waals surface area contributed by atoms with Crippen molar-refractivity contribution in [3.05, 3.63) is 41.8 Å². The van der Waals surface area contributed by atoms with Crippen molar-refractivity contribution in [1.82, 2.24) is 9.88 Å². The molecule has 2 aromatic rings. The molecule has 0 unspecified atom stereocenters. The zero-order valence-electron chi connectivity index (χ0n) is 10.9. The number of likely N-dealkylation sites (N-methyl/N-ethyl adjacent to an activating group) is 1. The predicted octanol–water partition coefficient (Wildman–Crippen LogP) is 1.98. The number of nitrogens with zero attached hydrogens (tertiary/aromatic N) is 2. The van der Waals surface area contributed by atoms with E-state index >= 15 is 0 Å². The number of ether oxygens (including phenoxy) is 1. The van der Waals surface area contributed by atoms with Crippen LogP contribution in [0.2, 0.25) is 0 Å². The average molecular weight is 262 g/mol. The van der Waals surface area contributed by atoms with Crippen molar-refractivity contribution in [2.45, 2.75) is 6.54 Å². The Bertz CT molecular complexity index is 601. The molecule has 0 saturated carbocycles. The highest BCUT2D eigenvalue weighted by Crippen LogP contribution is 2.20. The van der Waals surface area contributed by atoms with Crippen LogP contribution in [0.4, 0.5) is 4.39 Å². The highest BCUT2D eigenvalue weighted by molar-refractivity contribution is 5.82. The number of hydrogen-bond acceptors (Lipinski definition) is 4. The number of benzene rings is 1. The van der Waals surface area contributed by atoms with Crippen molar-refractivity contribution in [3.8, 4) is 0 Å². The maximum absolute atomic E-state index is 13.6.